The highest BCUT2D eigenvalue weighted by atomic mass is 79.9. The van der Waals surface area contributed by atoms with E-state index >= 15 is 0 Å². The zero-order valence-corrected chi connectivity index (χ0v) is 13.7. The van der Waals surface area contributed by atoms with E-state index in [0.717, 1.165) is 18.4 Å². The first kappa shape index (κ1) is 13.2. The van der Waals surface area contributed by atoms with Crippen LogP contribution >= 0.6 is 15.9 Å². The number of anilines is 1. The normalized spacial score (nSPS) is 27.1. The first-order valence-corrected chi connectivity index (χ1v) is 9.13. The SMILES string of the molecule is Brc1c(CC2CCCCC2)nn2c1NCCC2C1CC1. The van der Waals surface area contributed by atoms with E-state index in [1.807, 2.05) is 0 Å². The van der Waals surface area contributed by atoms with Crippen molar-refractivity contribution in [2.45, 2.75) is 63.8 Å². The number of nitrogens with zero attached hydrogens (tertiary/aromatic N) is 2. The van der Waals surface area contributed by atoms with Crippen molar-refractivity contribution in [1.29, 1.82) is 0 Å². The summed E-state index contributed by atoms with van der Waals surface area (Å²) in [7, 11) is 0. The third-order valence-electron chi connectivity index (χ3n) is 5.34. The summed E-state index contributed by atoms with van der Waals surface area (Å²) in [6.07, 6.45) is 12.3. The van der Waals surface area contributed by atoms with Crippen LogP contribution in [0.5, 0.6) is 0 Å². The first-order chi connectivity index (χ1) is 9.83. The van der Waals surface area contributed by atoms with Gasteiger partial charge in [-0.2, -0.15) is 5.10 Å². The van der Waals surface area contributed by atoms with E-state index in [0.29, 0.717) is 6.04 Å². The number of rotatable bonds is 3. The predicted octanol–water partition coefficient (Wildman–Crippen LogP) is 4.54. The largest absolute Gasteiger partial charge is 0.369 e. The molecule has 1 aromatic heterocycles. The lowest BCUT2D eigenvalue weighted by molar-refractivity contribution is 0.345. The molecule has 3 nitrogen and oxygen atoms in total. The Morgan fingerprint density at radius 1 is 1.10 bits per heavy atom. The molecule has 2 fully saturated rings. The highest BCUT2D eigenvalue weighted by Gasteiger charge is 2.37. The summed E-state index contributed by atoms with van der Waals surface area (Å²) in [5.74, 6) is 3.00. The second kappa shape index (κ2) is 5.36. The minimum Gasteiger partial charge on any atom is -0.369 e. The molecular formula is C16H24BrN3. The molecule has 1 aliphatic heterocycles. The van der Waals surface area contributed by atoms with Crippen LogP contribution in [-0.2, 0) is 6.42 Å². The number of aromatic nitrogens is 2. The predicted molar refractivity (Wildman–Crippen MR) is 85.1 cm³/mol. The summed E-state index contributed by atoms with van der Waals surface area (Å²) in [6, 6.07) is 0.655. The number of nitrogens with one attached hydrogen (secondary N) is 1. The Balaban J connectivity index is 1.57. The van der Waals surface area contributed by atoms with Gasteiger partial charge in [-0.3, -0.25) is 0 Å². The molecule has 0 spiro atoms. The lowest BCUT2D eigenvalue weighted by Gasteiger charge is -2.25. The van der Waals surface area contributed by atoms with Gasteiger partial charge in [0, 0.05) is 6.54 Å². The van der Waals surface area contributed by atoms with Crippen molar-refractivity contribution in [1.82, 2.24) is 9.78 Å². The van der Waals surface area contributed by atoms with E-state index in [9.17, 15) is 0 Å². The first-order valence-electron chi connectivity index (χ1n) is 8.33. The van der Waals surface area contributed by atoms with Crippen molar-refractivity contribution in [3.05, 3.63) is 10.2 Å². The maximum absolute atomic E-state index is 4.99. The van der Waals surface area contributed by atoms with E-state index in [1.54, 1.807) is 0 Å². The van der Waals surface area contributed by atoms with Gasteiger partial charge in [-0.1, -0.05) is 32.1 Å². The van der Waals surface area contributed by atoms with Gasteiger partial charge in [0.1, 0.15) is 5.82 Å². The lowest BCUT2D eigenvalue weighted by Crippen LogP contribution is -2.25. The van der Waals surface area contributed by atoms with Crippen molar-refractivity contribution in [3.8, 4) is 0 Å². The van der Waals surface area contributed by atoms with E-state index in [4.69, 9.17) is 5.10 Å². The molecule has 0 bridgehead atoms. The fraction of sp³-hybridized carbons (Fsp3) is 0.812. The Bertz CT molecular complexity index is 486. The van der Waals surface area contributed by atoms with Crippen LogP contribution < -0.4 is 5.32 Å². The molecule has 2 heterocycles. The maximum atomic E-state index is 4.99. The summed E-state index contributed by atoms with van der Waals surface area (Å²) in [5, 5.41) is 8.55. The zero-order valence-electron chi connectivity index (χ0n) is 12.1. The summed E-state index contributed by atoms with van der Waals surface area (Å²) >= 11 is 3.81. The fourth-order valence-corrected chi connectivity index (χ4v) is 4.60. The van der Waals surface area contributed by atoms with Gasteiger partial charge in [-0.25, -0.2) is 4.68 Å². The molecule has 2 aliphatic carbocycles. The Kier molecular flexibility index (Phi) is 3.53. The molecule has 1 aromatic rings. The van der Waals surface area contributed by atoms with Crippen molar-refractivity contribution in [3.63, 3.8) is 0 Å². The summed E-state index contributed by atoms with van der Waals surface area (Å²) in [5.41, 5.74) is 1.30. The Hall–Kier alpha value is -0.510. The van der Waals surface area contributed by atoms with Gasteiger partial charge in [0.15, 0.2) is 0 Å². The van der Waals surface area contributed by atoms with Crippen molar-refractivity contribution in [2.75, 3.05) is 11.9 Å². The molecule has 2 saturated carbocycles. The van der Waals surface area contributed by atoms with Crippen LogP contribution in [0.2, 0.25) is 0 Å². The molecule has 1 unspecified atom stereocenters. The highest BCUT2D eigenvalue weighted by molar-refractivity contribution is 9.10. The second-order valence-electron chi connectivity index (χ2n) is 6.88. The number of hydrogen-bond acceptors (Lipinski definition) is 2. The van der Waals surface area contributed by atoms with Gasteiger partial charge < -0.3 is 5.32 Å². The van der Waals surface area contributed by atoms with Crippen LogP contribution in [0.3, 0.4) is 0 Å². The minimum absolute atomic E-state index is 0.655. The van der Waals surface area contributed by atoms with Gasteiger partial charge in [0.25, 0.3) is 0 Å². The molecule has 0 saturated heterocycles. The summed E-state index contributed by atoms with van der Waals surface area (Å²) < 4.78 is 3.55. The van der Waals surface area contributed by atoms with Crippen LogP contribution in [0.4, 0.5) is 5.82 Å². The molecule has 1 atom stereocenters. The monoisotopic (exact) mass is 337 g/mol. The fourth-order valence-electron chi connectivity index (χ4n) is 4.03. The Labute approximate surface area is 129 Å². The molecule has 1 N–H and O–H groups in total. The van der Waals surface area contributed by atoms with Crippen molar-refractivity contribution in [2.24, 2.45) is 11.8 Å². The Morgan fingerprint density at radius 2 is 1.90 bits per heavy atom. The molecule has 4 heteroatoms. The van der Waals surface area contributed by atoms with Crippen LogP contribution in [0.1, 0.15) is 63.1 Å². The highest BCUT2D eigenvalue weighted by Crippen LogP contribution is 2.46. The van der Waals surface area contributed by atoms with Gasteiger partial charge in [-0.05, 0) is 53.4 Å². The van der Waals surface area contributed by atoms with Crippen molar-refractivity contribution >= 4 is 21.7 Å². The van der Waals surface area contributed by atoms with Gasteiger partial charge in [0.2, 0.25) is 0 Å². The third-order valence-corrected chi connectivity index (χ3v) is 6.17. The average Bonchev–Trinajstić information content (AvgIpc) is 3.27. The van der Waals surface area contributed by atoms with Crippen LogP contribution in [-0.4, -0.2) is 16.3 Å². The maximum Gasteiger partial charge on any atom is 0.139 e. The lowest BCUT2D eigenvalue weighted by atomic mass is 9.86. The minimum atomic E-state index is 0.655. The molecule has 3 aliphatic rings. The van der Waals surface area contributed by atoms with Gasteiger partial charge >= 0.3 is 0 Å². The van der Waals surface area contributed by atoms with Crippen LogP contribution in [0.15, 0.2) is 4.47 Å². The average molecular weight is 338 g/mol. The van der Waals surface area contributed by atoms with E-state index < -0.39 is 0 Å². The third kappa shape index (κ3) is 2.40. The molecule has 4 rings (SSSR count). The van der Waals surface area contributed by atoms with E-state index in [2.05, 4.69) is 25.9 Å². The molecule has 110 valence electrons. The number of hydrogen-bond donors (Lipinski definition) is 1. The molecule has 0 amide bonds. The standard InChI is InChI=1S/C16H24BrN3/c17-15-13(10-11-4-2-1-3-5-11)19-20-14(12-6-7-12)8-9-18-16(15)20/h11-12,14,18H,1-10H2. The smallest absolute Gasteiger partial charge is 0.139 e. The zero-order chi connectivity index (χ0) is 13.5. The van der Waals surface area contributed by atoms with Gasteiger partial charge in [0.05, 0.1) is 16.2 Å². The molecular weight excluding hydrogens is 314 g/mol. The second-order valence-corrected chi connectivity index (χ2v) is 7.68. The summed E-state index contributed by atoms with van der Waals surface area (Å²) in [4.78, 5) is 0. The summed E-state index contributed by atoms with van der Waals surface area (Å²) in [6.45, 7) is 1.11. The topological polar surface area (TPSA) is 29.9 Å². The van der Waals surface area contributed by atoms with Gasteiger partial charge in [-0.15, -0.1) is 0 Å². The number of fused-ring (bicyclic) bond motifs is 1. The molecule has 0 aromatic carbocycles. The molecule has 20 heavy (non-hydrogen) atoms. The van der Waals surface area contributed by atoms with Crippen LogP contribution in [0, 0.1) is 11.8 Å². The van der Waals surface area contributed by atoms with E-state index in [1.165, 1.54) is 73.8 Å². The van der Waals surface area contributed by atoms with E-state index in [-0.39, 0.29) is 0 Å². The quantitative estimate of drug-likeness (QED) is 0.877. The molecule has 0 radical (unpaired) electrons. The number of halogens is 1. The van der Waals surface area contributed by atoms with Crippen molar-refractivity contribution < 1.29 is 0 Å². The Morgan fingerprint density at radius 3 is 2.65 bits per heavy atom. The van der Waals surface area contributed by atoms with Crippen LogP contribution in [0.25, 0.3) is 0 Å².